The smallest absolute Gasteiger partial charge is 0.257 e. The number of rotatable bonds is 2. The summed E-state index contributed by atoms with van der Waals surface area (Å²) < 4.78 is 24.7. The minimum atomic E-state index is -2.54. The molecule has 2 N–H and O–H groups in total. The predicted octanol–water partition coefficient (Wildman–Crippen LogP) is 2.11. The highest BCUT2D eigenvalue weighted by atomic mass is 79.9. The van der Waals surface area contributed by atoms with E-state index in [0.717, 1.165) is 0 Å². The molecule has 1 heterocycles. The van der Waals surface area contributed by atoms with Crippen LogP contribution in [-0.4, -0.2) is 11.4 Å². The van der Waals surface area contributed by atoms with E-state index in [-0.39, 0.29) is 0 Å². The van der Waals surface area contributed by atoms with Crippen LogP contribution in [0.4, 0.5) is 8.78 Å². The van der Waals surface area contributed by atoms with Crippen molar-refractivity contribution >= 4 is 15.9 Å². The maximum absolute atomic E-state index is 12.1. The highest BCUT2D eigenvalue weighted by Gasteiger charge is 2.17. The van der Waals surface area contributed by atoms with Crippen LogP contribution in [0.1, 0.15) is 11.6 Å². The minimum Gasteiger partial charge on any atom is -0.319 e. The van der Waals surface area contributed by atoms with Gasteiger partial charge in [0.05, 0.1) is 6.04 Å². The Bertz CT molecular complexity index is 267. The summed E-state index contributed by atoms with van der Waals surface area (Å²) in [5.74, 6) is 0. The van der Waals surface area contributed by atoms with Crippen molar-refractivity contribution in [1.29, 1.82) is 0 Å². The molecule has 1 aromatic rings. The number of pyridine rings is 1. The third-order valence-electron chi connectivity index (χ3n) is 1.41. The molecule has 0 amide bonds. The number of nitrogens with zero attached hydrogens (tertiary/aromatic N) is 1. The van der Waals surface area contributed by atoms with Crippen molar-refractivity contribution in [3.05, 3.63) is 28.5 Å². The molecule has 0 aliphatic heterocycles. The zero-order valence-corrected chi connectivity index (χ0v) is 7.63. The largest absolute Gasteiger partial charge is 0.319 e. The van der Waals surface area contributed by atoms with Crippen molar-refractivity contribution in [2.75, 3.05) is 0 Å². The van der Waals surface area contributed by atoms with E-state index in [1.807, 2.05) is 0 Å². The van der Waals surface area contributed by atoms with Crippen molar-refractivity contribution in [2.24, 2.45) is 5.73 Å². The van der Waals surface area contributed by atoms with Gasteiger partial charge >= 0.3 is 0 Å². The molecule has 0 aromatic carbocycles. The third-order valence-corrected chi connectivity index (χ3v) is 1.84. The Morgan fingerprint density at radius 1 is 1.50 bits per heavy atom. The summed E-state index contributed by atoms with van der Waals surface area (Å²) >= 11 is 3.07. The third kappa shape index (κ3) is 2.22. The van der Waals surface area contributed by atoms with Gasteiger partial charge in [-0.1, -0.05) is 0 Å². The standard InChI is InChI=1S/C7H7BrF2N2/c8-5-3-4(1-2-12-5)6(11)7(9)10/h1-3,6-7H,11H2/t6-/m1/s1. The van der Waals surface area contributed by atoms with Crippen molar-refractivity contribution in [1.82, 2.24) is 4.98 Å². The Morgan fingerprint density at radius 3 is 2.67 bits per heavy atom. The topological polar surface area (TPSA) is 38.9 Å². The number of halogens is 3. The summed E-state index contributed by atoms with van der Waals surface area (Å²) in [5, 5.41) is 0. The Kier molecular flexibility index (Phi) is 3.11. The average Bonchev–Trinajstić information content (AvgIpc) is 2.03. The lowest BCUT2D eigenvalue weighted by atomic mass is 10.1. The van der Waals surface area contributed by atoms with Crippen LogP contribution in [-0.2, 0) is 0 Å². The second-order valence-electron chi connectivity index (χ2n) is 2.27. The van der Waals surface area contributed by atoms with Gasteiger partial charge in [-0.25, -0.2) is 13.8 Å². The first-order valence-corrected chi connectivity index (χ1v) is 4.05. The van der Waals surface area contributed by atoms with Crippen LogP contribution in [0.5, 0.6) is 0 Å². The molecule has 0 fully saturated rings. The van der Waals surface area contributed by atoms with Crippen LogP contribution in [0.3, 0.4) is 0 Å². The van der Waals surface area contributed by atoms with Gasteiger partial charge in [0.2, 0.25) is 0 Å². The second-order valence-corrected chi connectivity index (χ2v) is 3.08. The summed E-state index contributed by atoms with van der Waals surface area (Å²) in [7, 11) is 0. The first kappa shape index (κ1) is 9.54. The summed E-state index contributed by atoms with van der Waals surface area (Å²) in [6, 6.07) is 1.72. The van der Waals surface area contributed by atoms with Gasteiger partial charge < -0.3 is 5.73 Å². The van der Waals surface area contributed by atoms with Gasteiger partial charge in [-0.15, -0.1) is 0 Å². The van der Waals surface area contributed by atoms with Gasteiger partial charge in [0.15, 0.2) is 0 Å². The molecule has 0 radical (unpaired) electrons. The van der Waals surface area contributed by atoms with Crippen molar-refractivity contribution in [2.45, 2.75) is 12.5 Å². The number of alkyl halides is 2. The van der Waals surface area contributed by atoms with E-state index < -0.39 is 12.5 Å². The van der Waals surface area contributed by atoms with Gasteiger partial charge in [0, 0.05) is 6.20 Å². The first-order valence-electron chi connectivity index (χ1n) is 3.26. The lowest BCUT2D eigenvalue weighted by molar-refractivity contribution is 0.116. The highest BCUT2D eigenvalue weighted by Crippen LogP contribution is 2.19. The van der Waals surface area contributed by atoms with Gasteiger partial charge in [-0.2, -0.15) is 0 Å². The summed E-state index contributed by atoms with van der Waals surface area (Å²) in [4.78, 5) is 3.80. The van der Waals surface area contributed by atoms with E-state index in [4.69, 9.17) is 5.73 Å². The van der Waals surface area contributed by atoms with Crippen LogP contribution >= 0.6 is 15.9 Å². The predicted molar refractivity (Wildman–Crippen MR) is 44.9 cm³/mol. The Hall–Kier alpha value is -0.550. The summed E-state index contributed by atoms with van der Waals surface area (Å²) in [5.41, 5.74) is 5.59. The molecule has 0 aliphatic carbocycles. The van der Waals surface area contributed by atoms with Crippen LogP contribution in [0, 0.1) is 0 Å². The molecule has 0 saturated carbocycles. The molecule has 0 unspecified atom stereocenters. The Balaban J connectivity index is 2.88. The molecule has 0 spiro atoms. The SMILES string of the molecule is N[C@H](c1ccnc(Br)c1)C(F)F. The maximum atomic E-state index is 12.1. The van der Waals surface area contributed by atoms with Crippen LogP contribution in [0.2, 0.25) is 0 Å². The van der Waals surface area contributed by atoms with Crippen LogP contribution in [0.15, 0.2) is 22.9 Å². The van der Waals surface area contributed by atoms with Gasteiger partial charge in [0.25, 0.3) is 6.43 Å². The fraction of sp³-hybridized carbons (Fsp3) is 0.286. The quantitative estimate of drug-likeness (QED) is 0.800. The molecule has 0 saturated heterocycles. The molecule has 1 aromatic heterocycles. The van der Waals surface area contributed by atoms with Crippen molar-refractivity contribution in [3.63, 3.8) is 0 Å². The molecule has 66 valence electrons. The molecular weight excluding hydrogens is 230 g/mol. The number of nitrogens with two attached hydrogens (primary N) is 1. The van der Waals surface area contributed by atoms with Gasteiger partial charge in [0.1, 0.15) is 4.60 Å². The molecule has 0 bridgehead atoms. The molecule has 2 nitrogen and oxygen atoms in total. The maximum Gasteiger partial charge on any atom is 0.257 e. The van der Waals surface area contributed by atoms with E-state index in [1.165, 1.54) is 18.3 Å². The van der Waals surface area contributed by atoms with E-state index in [2.05, 4.69) is 20.9 Å². The normalized spacial score (nSPS) is 13.4. The zero-order valence-electron chi connectivity index (χ0n) is 6.05. The van der Waals surface area contributed by atoms with E-state index in [9.17, 15) is 8.78 Å². The lowest BCUT2D eigenvalue weighted by Crippen LogP contribution is -2.18. The molecule has 1 atom stereocenters. The number of hydrogen-bond acceptors (Lipinski definition) is 2. The monoisotopic (exact) mass is 236 g/mol. The number of hydrogen-bond donors (Lipinski definition) is 1. The summed E-state index contributed by atoms with van der Waals surface area (Å²) in [6.45, 7) is 0. The fourth-order valence-electron chi connectivity index (χ4n) is 0.770. The Labute approximate surface area is 76.9 Å². The van der Waals surface area contributed by atoms with E-state index in [1.54, 1.807) is 0 Å². The van der Waals surface area contributed by atoms with E-state index in [0.29, 0.717) is 10.2 Å². The lowest BCUT2D eigenvalue weighted by Gasteiger charge is -2.09. The van der Waals surface area contributed by atoms with Crippen LogP contribution < -0.4 is 5.73 Å². The van der Waals surface area contributed by atoms with E-state index >= 15 is 0 Å². The fourth-order valence-corrected chi connectivity index (χ4v) is 1.15. The highest BCUT2D eigenvalue weighted by molar-refractivity contribution is 9.10. The van der Waals surface area contributed by atoms with Crippen molar-refractivity contribution in [3.8, 4) is 0 Å². The minimum absolute atomic E-state index is 0.381. The summed E-state index contributed by atoms with van der Waals surface area (Å²) in [6.07, 6.45) is -1.11. The molecule has 0 aliphatic rings. The Morgan fingerprint density at radius 2 is 2.17 bits per heavy atom. The van der Waals surface area contributed by atoms with Crippen molar-refractivity contribution < 1.29 is 8.78 Å². The second kappa shape index (κ2) is 3.91. The molecule has 5 heteroatoms. The molecule has 12 heavy (non-hydrogen) atoms. The first-order chi connectivity index (χ1) is 5.61. The average molecular weight is 237 g/mol. The molecule has 1 rings (SSSR count). The molecular formula is C7H7BrF2N2. The number of aromatic nitrogens is 1. The van der Waals surface area contributed by atoms with Gasteiger partial charge in [-0.3, -0.25) is 0 Å². The van der Waals surface area contributed by atoms with Gasteiger partial charge in [-0.05, 0) is 33.6 Å². The zero-order chi connectivity index (χ0) is 9.14. The van der Waals surface area contributed by atoms with Crippen LogP contribution in [0.25, 0.3) is 0 Å².